The van der Waals surface area contributed by atoms with E-state index in [9.17, 15) is 13.9 Å². The Morgan fingerprint density at radius 2 is 1.89 bits per heavy atom. The molecule has 0 saturated heterocycles. The molecule has 2 rings (SSSR count). The summed E-state index contributed by atoms with van der Waals surface area (Å²) in [5.74, 6) is -0.586. The molecule has 0 aliphatic heterocycles. The SMILES string of the molecule is COc1ccccc1CC(O)c1cc(F)ccc1F. The van der Waals surface area contributed by atoms with Gasteiger partial charge in [-0.3, -0.25) is 0 Å². The summed E-state index contributed by atoms with van der Waals surface area (Å²) in [4.78, 5) is 0. The van der Waals surface area contributed by atoms with E-state index in [1.54, 1.807) is 24.3 Å². The van der Waals surface area contributed by atoms with E-state index in [2.05, 4.69) is 0 Å². The van der Waals surface area contributed by atoms with Crippen molar-refractivity contribution in [1.29, 1.82) is 0 Å². The fraction of sp³-hybridized carbons (Fsp3) is 0.200. The van der Waals surface area contributed by atoms with Gasteiger partial charge in [-0.25, -0.2) is 8.78 Å². The molecule has 0 bridgehead atoms. The van der Waals surface area contributed by atoms with Gasteiger partial charge in [0.05, 0.1) is 13.2 Å². The van der Waals surface area contributed by atoms with E-state index in [4.69, 9.17) is 4.74 Å². The topological polar surface area (TPSA) is 29.5 Å². The van der Waals surface area contributed by atoms with Gasteiger partial charge in [0.1, 0.15) is 17.4 Å². The number of aliphatic hydroxyl groups is 1. The average Bonchev–Trinajstić information content (AvgIpc) is 2.42. The van der Waals surface area contributed by atoms with Crippen molar-refractivity contribution in [2.75, 3.05) is 7.11 Å². The second-order valence-electron chi connectivity index (χ2n) is 4.20. The number of hydrogen-bond donors (Lipinski definition) is 1. The number of hydrogen-bond acceptors (Lipinski definition) is 2. The maximum Gasteiger partial charge on any atom is 0.129 e. The molecule has 0 aliphatic rings. The van der Waals surface area contributed by atoms with Gasteiger partial charge in [-0.15, -0.1) is 0 Å². The fourth-order valence-electron chi connectivity index (χ4n) is 1.96. The molecule has 100 valence electrons. The van der Waals surface area contributed by atoms with Crippen LogP contribution in [0.3, 0.4) is 0 Å². The molecule has 0 fully saturated rings. The molecule has 2 nitrogen and oxygen atoms in total. The van der Waals surface area contributed by atoms with E-state index in [1.165, 1.54) is 7.11 Å². The molecule has 1 unspecified atom stereocenters. The average molecular weight is 264 g/mol. The first-order valence-electron chi connectivity index (χ1n) is 5.86. The summed E-state index contributed by atoms with van der Waals surface area (Å²) >= 11 is 0. The molecule has 4 heteroatoms. The summed E-state index contributed by atoms with van der Waals surface area (Å²) in [6.45, 7) is 0. The first kappa shape index (κ1) is 13.5. The Morgan fingerprint density at radius 3 is 2.63 bits per heavy atom. The second-order valence-corrected chi connectivity index (χ2v) is 4.20. The van der Waals surface area contributed by atoms with Crippen molar-refractivity contribution in [2.45, 2.75) is 12.5 Å². The maximum absolute atomic E-state index is 13.5. The van der Waals surface area contributed by atoms with Gasteiger partial charge in [0.25, 0.3) is 0 Å². The van der Waals surface area contributed by atoms with Crippen molar-refractivity contribution in [1.82, 2.24) is 0 Å². The smallest absolute Gasteiger partial charge is 0.129 e. The lowest BCUT2D eigenvalue weighted by Gasteiger charge is -2.14. The molecule has 0 radical (unpaired) electrons. The molecule has 0 aliphatic carbocycles. The fourth-order valence-corrected chi connectivity index (χ4v) is 1.96. The minimum atomic E-state index is -1.12. The zero-order valence-electron chi connectivity index (χ0n) is 10.4. The normalized spacial score (nSPS) is 12.2. The van der Waals surface area contributed by atoms with Gasteiger partial charge >= 0.3 is 0 Å². The Hall–Kier alpha value is -1.94. The molecule has 0 spiro atoms. The predicted molar refractivity (Wildman–Crippen MR) is 68.0 cm³/mol. The predicted octanol–water partition coefficient (Wildman–Crippen LogP) is 3.25. The summed E-state index contributed by atoms with van der Waals surface area (Å²) in [5.41, 5.74) is 0.687. The third-order valence-corrected chi connectivity index (χ3v) is 2.92. The van der Waals surface area contributed by atoms with Gasteiger partial charge < -0.3 is 9.84 Å². The van der Waals surface area contributed by atoms with Crippen LogP contribution in [0.1, 0.15) is 17.2 Å². The van der Waals surface area contributed by atoms with Gasteiger partial charge in [-0.05, 0) is 29.8 Å². The standard InChI is InChI=1S/C15H14F2O2/c1-19-15-5-3-2-4-10(15)8-14(18)12-9-11(16)6-7-13(12)17/h2-7,9,14,18H,8H2,1H3. The molecule has 0 heterocycles. The largest absolute Gasteiger partial charge is 0.496 e. The van der Waals surface area contributed by atoms with Crippen molar-refractivity contribution in [3.05, 3.63) is 65.2 Å². The Labute approximate surface area is 110 Å². The lowest BCUT2D eigenvalue weighted by Crippen LogP contribution is -2.06. The monoisotopic (exact) mass is 264 g/mol. The van der Waals surface area contributed by atoms with Crippen molar-refractivity contribution in [2.24, 2.45) is 0 Å². The van der Waals surface area contributed by atoms with Gasteiger partial charge in [0, 0.05) is 12.0 Å². The number of methoxy groups -OCH3 is 1. The van der Waals surface area contributed by atoms with E-state index in [-0.39, 0.29) is 12.0 Å². The number of para-hydroxylation sites is 1. The summed E-state index contributed by atoms with van der Waals surface area (Å²) in [6.07, 6.45) is -0.961. The van der Waals surface area contributed by atoms with Crippen LogP contribution >= 0.6 is 0 Å². The number of aliphatic hydroxyl groups excluding tert-OH is 1. The highest BCUT2D eigenvalue weighted by molar-refractivity contribution is 5.35. The minimum absolute atomic E-state index is 0.0501. The van der Waals surface area contributed by atoms with Crippen LogP contribution in [0.25, 0.3) is 0 Å². The molecule has 0 amide bonds. The minimum Gasteiger partial charge on any atom is -0.496 e. The summed E-state index contributed by atoms with van der Waals surface area (Å²) in [6, 6.07) is 10.2. The Kier molecular flexibility index (Phi) is 4.12. The zero-order chi connectivity index (χ0) is 13.8. The van der Waals surface area contributed by atoms with Crippen molar-refractivity contribution < 1.29 is 18.6 Å². The Balaban J connectivity index is 2.25. The van der Waals surface area contributed by atoms with E-state index in [0.717, 1.165) is 23.8 Å². The number of benzene rings is 2. The summed E-state index contributed by atoms with van der Waals surface area (Å²) in [5, 5.41) is 10.0. The van der Waals surface area contributed by atoms with Gasteiger partial charge in [0.15, 0.2) is 0 Å². The lowest BCUT2D eigenvalue weighted by molar-refractivity contribution is 0.172. The van der Waals surface area contributed by atoms with Crippen LogP contribution < -0.4 is 4.74 Å². The lowest BCUT2D eigenvalue weighted by atomic mass is 10.0. The van der Waals surface area contributed by atoms with Gasteiger partial charge in [-0.2, -0.15) is 0 Å². The maximum atomic E-state index is 13.5. The van der Waals surface area contributed by atoms with Crippen LogP contribution in [0.5, 0.6) is 5.75 Å². The van der Waals surface area contributed by atoms with Crippen LogP contribution in [-0.4, -0.2) is 12.2 Å². The molecule has 1 atom stereocenters. The number of ether oxygens (including phenoxy) is 1. The van der Waals surface area contributed by atoms with Crippen LogP contribution in [0, 0.1) is 11.6 Å². The molecule has 19 heavy (non-hydrogen) atoms. The first-order valence-corrected chi connectivity index (χ1v) is 5.86. The third kappa shape index (κ3) is 3.09. The van der Waals surface area contributed by atoms with Crippen LogP contribution in [-0.2, 0) is 6.42 Å². The quantitative estimate of drug-likeness (QED) is 0.918. The van der Waals surface area contributed by atoms with E-state index >= 15 is 0 Å². The second kappa shape index (κ2) is 5.80. The van der Waals surface area contributed by atoms with E-state index in [1.807, 2.05) is 0 Å². The van der Waals surface area contributed by atoms with Crippen LogP contribution in [0.4, 0.5) is 8.78 Å². The van der Waals surface area contributed by atoms with Crippen molar-refractivity contribution in [3.63, 3.8) is 0 Å². The van der Waals surface area contributed by atoms with Crippen LogP contribution in [0.15, 0.2) is 42.5 Å². The number of halogens is 2. The highest BCUT2D eigenvalue weighted by Crippen LogP contribution is 2.26. The molecule has 2 aromatic carbocycles. The molecule has 2 aromatic rings. The Bertz CT molecular complexity index is 570. The third-order valence-electron chi connectivity index (χ3n) is 2.92. The zero-order valence-corrected chi connectivity index (χ0v) is 10.4. The summed E-state index contributed by atoms with van der Waals surface area (Å²) < 4.78 is 31.8. The molecular formula is C15H14F2O2. The van der Waals surface area contributed by atoms with E-state index in [0.29, 0.717) is 5.75 Å². The first-order chi connectivity index (χ1) is 9.11. The van der Waals surface area contributed by atoms with Gasteiger partial charge in [-0.1, -0.05) is 18.2 Å². The molecule has 1 N–H and O–H groups in total. The highest BCUT2D eigenvalue weighted by Gasteiger charge is 2.16. The molecular weight excluding hydrogens is 250 g/mol. The molecule has 0 aromatic heterocycles. The highest BCUT2D eigenvalue weighted by atomic mass is 19.1. The Morgan fingerprint density at radius 1 is 1.16 bits per heavy atom. The van der Waals surface area contributed by atoms with Crippen LogP contribution in [0.2, 0.25) is 0 Å². The number of rotatable bonds is 4. The van der Waals surface area contributed by atoms with Gasteiger partial charge in [0.2, 0.25) is 0 Å². The van der Waals surface area contributed by atoms with Crippen molar-refractivity contribution >= 4 is 0 Å². The summed E-state index contributed by atoms with van der Waals surface area (Å²) in [7, 11) is 1.52. The van der Waals surface area contributed by atoms with Crippen molar-refractivity contribution in [3.8, 4) is 5.75 Å². The molecule has 0 saturated carbocycles. The van der Waals surface area contributed by atoms with E-state index < -0.39 is 17.7 Å².